The number of ketones is 1. The molecule has 0 aliphatic heterocycles. The van der Waals surface area contributed by atoms with Crippen molar-refractivity contribution in [2.24, 2.45) is 0 Å². The molecule has 44 heavy (non-hydrogen) atoms. The summed E-state index contributed by atoms with van der Waals surface area (Å²) in [4.78, 5) is 19.2. The van der Waals surface area contributed by atoms with Crippen LogP contribution in [0, 0.1) is 5.82 Å². The number of nitrogens with zero attached hydrogens (tertiary/aromatic N) is 1. The highest BCUT2D eigenvalue weighted by Gasteiger charge is 2.44. The van der Waals surface area contributed by atoms with Gasteiger partial charge in [-0.3, -0.25) is 9.78 Å². The molecule has 4 aromatic rings. The van der Waals surface area contributed by atoms with Gasteiger partial charge < -0.3 is 0 Å². The number of fused-ring (bicyclic) bond motifs is 1. The Kier molecular flexibility index (Phi) is 7.93. The van der Waals surface area contributed by atoms with Gasteiger partial charge in [0.15, 0.2) is 12.0 Å². The fourth-order valence-corrected chi connectivity index (χ4v) is 5.78. The number of carbonyl (C=O) groups excluding carboxylic acids is 1. The molecule has 1 aliphatic rings. The van der Waals surface area contributed by atoms with Gasteiger partial charge in [-0.1, -0.05) is 50.2 Å². The first-order chi connectivity index (χ1) is 20.5. The number of carbonyl (C=O) groups is 1. The van der Waals surface area contributed by atoms with Crippen LogP contribution in [-0.2, 0) is 24.2 Å². The summed E-state index contributed by atoms with van der Waals surface area (Å²) >= 11 is 0. The molecule has 1 heterocycles. The lowest BCUT2D eigenvalue weighted by Gasteiger charge is -2.36. The highest BCUT2D eigenvalue weighted by Crippen LogP contribution is 2.47. The van der Waals surface area contributed by atoms with Gasteiger partial charge in [-0.2, -0.15) is 26.3 Å². The Morgan fingerprint density at radius 3 is 1.80 bits per heavy atom. The van der Waals surface area contributed by atoms with Crippen LogP contribution in [0.15, 0.2) is 72.8 Å². The Morgan fingerprint density at radius 1 is 0.773 bits per heavy atom. The Balaban J connectivity index is 1.75. The number of alkyl halides is 7. The predicted molar refractivity (Wildman–Crippen MR) is 150 cm³/mol. The second-order valence-electron chi connectivity index (χ2n) is 11.5. The van der Waals surface area contributed by atoms with Crippen molar-refractivity contribution in [2.45, 2.75) is 63.5 Å². The smallest absolute Gasteiger partial charge is 0.293 e. The zero-order valence-corrected chi connectivity index (χ0v) is 23.9. The van der Waals surface area contributed by atoms with Gasteiger partial charge in [-0.15, -0.1) is 0 Å². The van der Waals surface area contributed by atoms with Crippen LogP contribution < -0.4 is 0 Å². The lowest BCUT2D eigenvalue weighted by atomic mass is 9.66. The minimum absolute atomic E-state index is 0.0323. The van der Waals surface area contributed by atoms with Crippen LogP contribution in [0.25, 0.3) is 11.1 Å². The van der Waals surface area contributed by atoms with E-state index in [2.05, 4.69) is 0 Å². The number of hydrogen-bond donors (Lipinski definition) is 0. The molecule has 230 valence electrons. The molecular formula is C34H27F8NO. The van der Waals surface area contributed by atoms with E-state index >= 15 is 4.39 Å². The zero-order valence-electron chi connectivity index (χ0n) is 23.9. The minimum Gasteiger partial charge on any atom is -0.293 e. The van der Waals surface area contributed by atoms with Crippen molar-refractivity contribution in [1.29, 1.82) is 0 Å². The lowest BCUT2D eigenvalue weighted by molar-refractivity contribution is -0.138. The van der Waals surface area contributed by atoms with Crippen molar-refractivity contribution in [2.75, 3.05) is 0 Å². The van der Waals surface area contributed by atoms with Gasteiger partial charge in [0, 0.05) is 16.7 Å². The number of hydrogen-bond acceptors (Lipinski definition) is 2. The predicted octanol–water partition coefficient (Wildman–Crippen LogP) is 10.2. The van der Waals surface area contributed by atoms with Gasteiger partial charge in [-0.05, 0) is 78.8 Å². The third-order valence-electron chi connectivity index (χ3n) is 8.24. The minimum atomic E-state index is -4.63. The van der Waals surface area contributed by atoms with Crippen molar-refractivity contribution in [3.05, 3.63) is 123 Å². The summed E-state index contributed by atoms with van der Waals surface area (Å²) in [6, 6.07) is 13.0. The second-order valence-corrected chi connectivity index (χ2v) is 11.5. The standard InChI is InChI=1S/C34H27F8NO/c1-18(2)30-28(29(36)20-4-8-22(9-5-20)33(37,38)39)26(19-6-14-24(35)15-7-19)27-25(43-30)16-17-32(3,31(27)44)21-10-12-23(13-11-21)34(40,41)42/h4-15,18,29H,16-17H2,1-3H3. The largest absolute Gasteiger partial charge is 0.416 e. The third kappa shape index (κ3) is 5.62. The summed E-state index contributed by atoms with van der Waals surface area (Å²) in [6.45, 7) is 5.14. The van der Waals surface area contributed by atoms with Crippen LogP contribution in [0.1, 0.15) is 88.8 Å². The molecule has 2 atom stereocenters. The number of aryl methyl sites for hydroxylation is 1. The average molecular weight is 618 g/mol. The maximum atomic E-state index is 16.7. The van der Waals surface area contributed by atoms with Crippen molar-refractivity contribution in [1.82, 2.24) is 4.98 Å². The van der Waals surface area contributed by atoms with Crippen LogP contribution in [0.4, 0.5) is 35.1 Å². The van der Waals surface area contributed by atoms with E-state index in [0.29, 0.717) is 22.5 Å². The zero-order chi connectivity index (χ0) is 32.2. The van der Waals surface area contributed by atoms with Crippen LogP contribution in [-0.4, -0.2) is 10.8 Å². The number of rotatable bonds is 5. The van der Waals surface area contributed by atoms with E-state index in [1.165, 1.54) is 24.3 Å². The van der Waals surface area contributed by atoms with Crippen LogP contribution in [0.2, 0.25) is 0 Å². The Hall–Kier alpha value is -4.08. The molecule has 0 bridgehead atoms. The quantitative estimate of drug-likeness (QED) is 0.209. The summed E-state index contributed by atoms with van der Waals surface area (Å²) < 4.78 is 110. The molecule has 3 aromatic carbocycles. The van der Waals surface area contributed by atoms with Crippen LogP contribution >= 0.6 is 0 Å². The van der Waals surface area contributed by atoms with Gasteiger partial charge in [0.05, 0.1) is 27.9 Å². The fraction of sp³-hybridized carbons (Fsp3) is 0.294. The molecule has 0 saturated heterocycles. The van der Waals surface area contributed by atoms with E-state index in [1.807, 2.05) is 0 Å². The van der Waals surface area contributed by atoms with Gasteiger partial charge in [0.25, 0.3) is 0 Å². The highest BCUT2D eigenvalue weighted by molar-refractivity contribution is 6.11. The number of pyridine rings is 1. The highest BCUT2D eigenvalue weighted by atomic mass is 19.4. The van der Waals surface area contributed by atoms with E-state index in [4.69, 9.17) is 4.98 Å². The van der Waals surface area contributed by atoms with Crippen LogP contribution in [0.3, 0.4) is 0 Å². The lowest BCUT2D eigenvalue weighted by Crippen LogP contribution is -2.39. The average Bonchev–Trinajstić information content (AvgIpc) is 2.97. The molecule has 0 amide bonds. The molecule has 0 saturated carbocycles. The molecule has 1 aromatic heterocycles. The molecule has 2 unspecified atom stereocenters. The monoisotopic (exact) mass is 617 g/mol. The van der Waals surface area contributed by atoms with Gasteiger partial charge in [0.2, 0.25) is 0 Å². The number of Topliss-reactive ketones (excluding diaryl/α,β-unsaturated/α-hetero) is 1. The topological polar surface area (TPSA) is 30.0 Å². The third-order valence-corrected chi connectivity index (χ3v) is 8.24. The Morgan fingerprint density at radius 2 is 1.30 bits per heavy atom. The van der Waals surface area contributed by atoms with Gasteiger partial charge >= 0.3 is 12.4 Å². The maximum absolute atomic E-state index is 16.7. The number of halogens is 8. The molecule has 0 fully saturated rings. The summed E-state index contributed by atoms with van der Waals surface area (Å²) in [6.07, 6.45) is -10.8. The van der Waals surface area contributed by atoms with Gasteiger partial charge in [-0.25, -0.2) is 8.78 Å². The molecule has 0 N–H and O–H groups in total. The molecule has 0 radical (unpaired) electrons. The summed E-state index contributed by atoms with van der Waals surface area (Å²) in [7, 11) is 0. The molecule has 2 nitrogen and oxygen atoms in total. The Labute approximate surface area is 248 Å². The van der Waals surface area contributed by atoms with E-state index in [-0.39, 0.29) is 41.0 Å². The Bertz CT molecular complexity index is 1690. The normalized spacial score (nSPS) is 18.0. The molecule has 10 heteroatoms. The van der Waals surface area contributed by atoms with Crippen molar-refractivity contribution in [3.63, 3.8) is 0 Å². The van der Waals surface area contributed by atoms with Crippen molar-refractivity contribution < 1.29 is 39.9 Å². The fourth-order valence-electron chi connectivity index (χ4n) is 5.78. The van der Waals surface area contributed by atoms with Crippen LogP contribution in [0.5, 0.6) is 0 Å². The van der Waals surface area contributed by atoms with Crippen molar-refractivity contribution >= 4 is 5.78 Å². The van der Waals surface area contributed by atoms with E-state index in [9.17, 15) is 35.5 Å². The number of aromatic nitrogens is 1. The maximum Gasteiger partial charge on any atom is 0.416 e. The second kappa shape index (κ2) is 11.1. The first-order valence-electron chi connectivity index (χ1n) is 13.9. The SMILES string of the molecule is CC(C)c1nc2c(c(-c3ccc(F)cc3)c1C(F)c1ccc(C(F)(F)F)cc1)C(=O)C(C)(c1ccc(C(F)(F)F)cc1)CC2. The molecule has 5 rings (SSSR count). The molecular weight excluding hydrogens is 590 g/mol. The first kappa shape index (κ1) is 31.3. The summed E-state index contributed by atoms with van der Waals surface area (Å²) in [5, 5.41) is 0. The van der Waals surface area contributed by atoms with Crippen molar-refractivity contribution in [3.8, 4) is 11.1 Å². The van der Waals surface area contributed by atoms with E-state index in [0.717, 1.165) is 48.5 Å². The number of benzene rings is 3. The molecule has 1 aliphatic carbocycles. The van der Waals surface area contributed by atoms with E-state index in [1.54, 1.807) is 20.8 Å². The summed E-state index contributed by atoms with van der Waals surface area (Å²) in [5.41, 5.74) is -1.79. The summed E-state index contributed by atoms with van der Waals surface area (Å²) in [5.74, 6) is -1.45. The molecule has 0 spiro atoms. The van der Waals surface area contributed by atoms with E-state index < -0.39 is 46.7 Å². The first-order valence-corrected chi connectivity index (χ1v) is 13.9. The van der Waals surface area contributed by atoms with Gasteiger partial charge in [0.1, 0.15) is 5.82 Å².